The molecule has 0 aliphatic carbocycles. The predicted octanol–water partition coefficient (Wildman–Crippen LogP) is 4.86. The first-order chi connectivity index (χ1) is 9.32. The summed E-state index contributed by atoms with van der Waals surface area (Å²) in [7, 11) is 0. The van der Waals surface area contributed by atoms with Crippen LogP contribution in [0.1, 0.15) is 50.9 Å². The summed E-state index contributed by atoms with van der Waals surface area (Å²) in [6.45, 7) is 13.1. The lowest BCUT2D eigenvalue weighted by molar-refractivity contribution is 0.0327. The Hall–Kier alpha value is -1.57. The van der Waals surface area contributed by atoms with Crippen molar-refractivity contribution in [3.63, 3.8) is 0 Å². The highest BCUT2D eigenvalue weighted by atomic mass is 16.5. The number of rotatable bonds is 7. The smallest absolute Gasteiger partial charge is 0.338 e. The van der Waals surface area contributed by atoms with Crippen molar-refractivity contribution in [2.24, 2.45) is 11.3 Å². The molecular weight excluding hydrogens is 248 g/mol. The van der Waals surface area contributed by atoms with E-state index >= 15 is 0 Å². The highest BCUT2D eigenvalue weighted by molar-refractivity contribution is 5.89. The first-order valence-corrected chi connectivity index (χ1v) is 7.22. The van der Waals surface area contributed by atoms with E-state index < -0.39 is 0 Å². The lowest BCUT2D eigenvalue weighted by Gasteiger charge is -2.25. The molecule has 0 aromatic heterocycles. The third-order valence-electron chi connectivity index (χ3n) is 3.54. The number of ether oxygens (including phenoxy) is 1. The summed E-state index contributed by atoms with van der Waals surface area (Å²) in [6.07, 6.45) is 1.96. The van der Waals surface area contributed by atoms with Crippen LogP contribution in [0.15, 0.2) is 42.5 Å². The molecule has 1 aromatic rings. The van der Waals surface area contributed by atoms with Gasteiger partial charge < -0.3 is 4.74 Å². The van der Waals surface area contributed by atoms with E-state index in [1.165, 1.54) is 5.57 Å². The number of esters is 1. The summed E-state index contributed by atoms with van der Waals surface area (Å²) in [5.74, 6) is 0.263. The molecule has 1 aromatic carbocycles. The molecule has 0 amide bonds. The van der Waals surface area contributed by atoms with Crippen molar-refractivity contribution < 1.29 is 9.53 Å². The van der Waals surface area contributed by atoms with Crippen LogP contribution >= 0.6 is 0 Å². The zero-order valence-corrected chi connectivity index (χ0v) is 13.1. The summed E-state index contributed by atoms with van der Waals surface area (Å²) in [5.41, 5.74) is 1.84. The van der Waals surface area contributed by atoms with Gasteiger partial charge in [0.05, 0.1) is 12.2 Å². The molecule has 20 heavy (non-hydrogen) atoms. The van der Waals surface area contributed by atoms with E-state index in [9.17, 15) is 4.79 Å². The molecule has 0 saturated heterocycles. The van der Waals surface area contributed by atoms with Crippen LogP contribution in [0, 0.1) is 11.3 Å². The van der Waals surface area contributed by atoms with E-state index in [2.05, 4.69) is 34.3 Å². The molecule has 0 spiro atoms. The van der Waals surface area contributed by atoms with Crippen LogP contribution in [0.3, 0.4) is 0 Å². The van der Waals surface area contributed by atoms with E-state index in [-0.39, 0.29) is 11.4 Å². The fourth-order valence-electron chi connectivity index (χ4n) is 1.78. The maximum Gasteiger partial charge on any atom is 0.338 e. The van der Waals surface area contributed by atoms with Gasteiger partial charge in [0.2, 0.25) is 0 Å². The first-order valence-electron chi connectivity index (χ1n) is 7.22. The summed E-state index contributed by atoms with van der Waals surface area (Å²) in [6, 6.07) is 9.12. The predicted molar refractivity (Wildman–Crippen MR) is 83.7 cm³/mol. The number of carbonyl (C=O) groups excluding carboxylic acids is 1. The Morgan fingerprint density at radius 2 is 1.85 bits per heavy atom. The van der Waals surface area contributed by atoms with E-state index in [4.69, 9.17) is 4.74 Å². The Bertz CT molecular complexity index is 444. The van der Waals surface area contributed by atoms with Gasteiger partial charge in [0.15, 0.2) is 0 Å². The van der Waals surface area contributed by atoms with Crippen LogP contribution in [-0.4, -0.2) is 12.6 Å². The SMILES string of the molecule is C=C(CCC(C)(C)COC(=O)c1ccccc1)C(C)C. The van der Waals surface area contributed by atoms with Crippen LogP contribution in [0.5, 0.6) is 0 Å². The second-order valence-electron chi connectivity index (χ2n) is 6.42. The molecular formula is C18H26O2. The van der Waals surface area contributed by atoms with E-state index in [1.54, 1.807) is 12.1 Å². The molecule has 0 bridgehead atoms. The minimum atomic E-state index is -0.249. The Morgan fingerprint density at radius 1 is 1.25 bits per heavy atom. The summed E-state index contributed by atoms with van der Waals surface area (Å²) < 4.78 is 5.42. The number of allylic oxidation sites excluding steroid dienone is 1. The minimum absolute atomic E-state index is 0.0255. The van der Waals surface area contributed by atoms with Gasteiger partial charge in [-0.15, -0.1) is 0 Å². The molecule has 2 heteroatoms. The van der Waals surface area contributed by atoms with Gasteiger partial charge in [-0.2, -0.15) is 0 Å². The molecule has 2 nitrogen and oxygen atoms in total. The molecule has 0 fully saturated rings. The van der Waals surface area contributed by atoms with Crippen LogP contribution in [0.25, 0.3) is 0 Å². The highest BCUT2D eigenvalue weighted by Crippen LogP contribution is 2.27. The third-order valence-corrected chi connectivity index (χ3v) is 3.54. The second-order valence-corrected chi connectivity index (χ2v) is 6.42. The van der Waals surface area contributed by atoms with Gasteiger partial charge in [0, 0.05) is 0 Å². The number of hydrogen-bond donors (Lipinski definition) is 0. The van der Waals surface area contributed by atoms with Gasteiger partial charge in [-0.05, 0) is 36.3 Å². The molecule has 0 aliphatic heterocycles. The van der Waals surface area contributed by atoms with Gasteiger partial charge in [-0.25, -0.2) is 4.79 Å². The average molecular weight is 274 g/mol. The number of hydrogen-bond acceptors (Lipinski definition) is 2. The molecule has 0 heterocycles. The fourth-order valence-corrected chi connectivity index (χ4v) is 1.78. The molecule has 110 valence electrons. The topological polar surface area (TPSA) is 26.3 Å². The molecule has 0 saturated carbocycles. The highest BCUT2D eigenvalue weighted by Gasteiger charge is 2.21. The first kappa shape index (κ1) is 16.5. The molecule has 0 radical (unpaired) electrons. The monoisotopic (exact) mass is 274 g/mol. The molecule has 0 atom stereocenters. The molecule has 1 rings (SSSR count). The number of benzene rings is 1. The van der Waals surface area contributed by atoms with Crippen molar-refractivity contribution in [2.75, 3.05) is 6.61 Å². The van der Waals surface area contributed by atoms with Crippen molar-refractivity contribution in [1.82, 2.24) is 0 Å². The van der Waals surface area contributed by atoms with Gasteiger partial charge in [0.25, 0.3) is 0 Å². The van der Waals surface area contributed by atoms with E-state index in [1.807, 2.05) is 18.2 Å². The minimum Gasteiger partial charge on any atom is -0.462 e. The van der Waals surface area contributed by atoms with Crippen LogP contribution in [0.2, 0.25) is 0 Å². The Morgan fingerprint density at radius 3 is 2.40 bits per heavy atom. The maximum atomic E-state index is 11.9. The third kappa shape index (κ3) is 5.60. The zero-order valence-electron chi connectivity index (χ0n) is 13.1. The second kappa shape index (κ2) is 7.28. The quantitative estimate of drug-likeness (QED) is 0.524. The summed E-state index contributed by atoms with van der Waals surface area (Å²) >= 11 is 0. The summed E-state index contributed by atoms with van der Waals surface area (Å²) in [5, 5.41) is 0. The number of carbonyl (C=O) groups is 1. The van der Waals surface area contributed by atoms with Crippen molar-refractivity contribution in [3.05, 3.63) is 48.0 Å². The fraction of sp³-hybridized carbons (Fsp3) is 0.500. The Kier molecular flexibility index (Phi) is 6.00. The summed E-state index contributed by atoms with van der Waals surface area (Å²) in [4.78, 5) is 11.9. The van der Waals surface area contributed by atoms with Gasteiger partial charge in [-0.3, -0.25) is 0 Å². The van der Waals surface area contributed by atoms with Crippen molar-refractivity contribution in [2.45, 2.75) is 40.5 Å². The molecule has 0 aliphatic rings. The van der Waals surface area contributed by atoms with E-state index in [0.29, 0.717) is 18.1 Å². The van der Waals surface area contributed by atoms with E-state index in [0.717, 1.165) is 12.8 Å². The van der Waals surface area contributed by atoms with Crippen LogP contribution < -0.4 is 0 Å². The standard InChI is InChI=1S/C18H26O2/c1-14(2)15(3)11-12-18(4,5)13-20-17(19)16-9-7-6-8-10-16/h6-10,14H,3,11-13H2,1-2,4-5H3. The lowest BCUT2D eigenvalue weighted by atomic mass is 9.85. The normalized spacial score (nSPS) is 11.4. The van der Waals surface area contributed by atoms with Crippen molar-refractivity contribution in [3.8, 4) is 0 Å². The lowest BCUT2D eigenvalue weighted by Crippen LogP contribution is -2.22. The van der Waals surface area contributed by atoms with Crippen LogP contribution in [-0.2, 0) is 4.74 Å². The van der Waals surface area contributed by atoms with Gasteiger partial charge in [-0.1, -0.05) is 58.0 Å². The van der Waals surface area contributed by atoms with Crippen molar-refractivity contribution in [1.29, 1.82) is 0 Å². The van der Waals surface area contributed by atoms with Crippen molar-refractivity contribution >= 4 is 5.97 Å². The Labute approximate surface area is 122 Å². The van der Waals surface area contributed by atoms with Crippen LogP contribution in [0.4, 0.5) is 0 Å². The zero-order chi connectivity index (χ0) is 15.2. The molecule has 0 N–H and O–H groups in total. The van der Waals surface area contributed by atoms with Gasteiger partial charge >= 0.3 is 5.97 Å². The molecule has 0 unspecified atom stereocenters. The Balaban J connectivity index is 2.43. The maximum absolute atomic E-state index is 11.9. The average Bonchev–Trinajstić information content (AvgIpc) is 2.43. The van der Waals surface area contributed by atoms with Gasteiger partial charge in [0.1, 0.15) is 0 Å². The largest absolute Gasteiger partial charge is 0.462 e.